The average Bonchev–Trinajstić information content (AvgIpc) is 2.45. The lowest BCUT2D eigenvalue weighted by atomic mass is 10.0. The Morgan fingerprint density at radius 1 is 1.33 bits per heavy atom. The van der Waals surface area contributed by atoms with E-state index in [0.29, 0.717) is 38.0 Å². The molecule has 0 spiro atoms. The van der Waals surface area contributed by atoms with Gasteiger partial charge in [-0.05, 0) is 24.5 Å². The monoisotopic (exact) mass is 302 g/mol. The highest BCUT2D eigenvalue weighted by Crippen LogP contribution is 2.29. The second-order valence-electron chi connectivity index (χ2n) is 5.12. The van der Waals surface area contributed by atoms with Gasteiger partial charge in [0.25, 0.3) is 0 Å². The number of hydrogen-bond donors (Lipinski definition) is 2. The standard InChI is InChI=1S/C14H17F3N2O2/c15-14(16,17)11-3-1-2-10(8-11)9-18-12-4-6-19(7-5-12)13(20)21/h1-3,8,12,18H,4-7,9H2,(H,20,21). The summed E-state index contributed by atoms with van der Waals surface area (Å²) in [7, 11) is 0. The van der Waals surface area contributed by atoms with Crippen LogP contribution in [0, 0.1) is 0 Å². The molecule has 21 heavy (non-hydrogen) atoms. The molecule has 0 atom stereocenters. The number of hydrogen-bond acceptors (Lipinski definition) is 2. The van der Waals surface area contributed by atoms with Crippen LogP contribution in [0.1, 0.15) is 24.0 Å². The van der Waals surface area contributed by atoms with E-state index in [4.69, 9.17) is 5.11 Å². The SMILES string of the molecule is O=C(O)N1CCC(NCc2cccc(C(F)(F)F)c2)CC1. The second-order valence-corrected chi connectivity index (χ2v) is 5.12. The van der Waals surface area contributed by atoms with Gasteiger partial charge in [-0.1, -0.05) is 18.2 Å². The third kappa shape index (κ3) is 4.35. The molecule has 4 nitrogen and oxygen atoms in total. The van der Waals surface area contributed by atoms with Crippen LogP contribution in [0.25, 0.3) is 0 Å². The van der Waals surface area contributed by atoms with E-state index < -0.39 is 17.8 Å². The van der Waals surface area contributed by atoms with Crippen molar-refractivity contribution in [1.82, 2.24) is 10.2 Å². The van der Waals surface area contributed by atoms with Crippen LogP contribution in [0.15, 0.2) is 24.3 Å². The first-order valence-corrected chi connectivity index (χ1v) is 6.73. The van der Waals surface area contributed by atoms with Crippen molar-refractivity contribution in [2.75, 3.05) is 13.1 Å². The van der Waals surface area contributed by atoms with Gasteiger partial charge in [0.05, 0.1) is 5.56 Å². The van der Waals surface area contributed by atoms with Crippen molar-refractivity contribution in [1.29, 1.82) is 0 Å². The Morgan fingerprint density at radius 2 is 2.00 bits per heavy atom. The Bertz CT molecular complexity index is 497. The minimum atomic E-state index is -4.33. The number of amides is 1. The number of piperidine rings is 1. The van der Waals surface area contributed by atoms with Crippen LogP contribution in [-0.4, -0.2) is 35.2 Å². The molecule has 1 heterocycles. The van der Waals surface area contributed by atoms with Crippen molar-refractivity contribution in [2.24, 2.45) is 0 Å². The van der Waals surface area contributed by atoms with E-state index in [1.165, 1.54) is 11.0 Å². The molecule has 1 amide bonds. The summed E-state index contributed by atoms with van der Waals surface area (Å²) in [5, 5.41) is 12.0. The van der Waals surface area contributed by atoms with Gasteiger partial charge in [-0.2, -0.15) is 13.2 Å². The number of carbonyl (C=O) groups is 1. The number of carboxylic acid groups (broad SMARTS) is 1. The molecule has 1 fully saturated rings. The van der Waals surface area contributed by atoms with Gasteiger partial charge in [-0.15, -0.1) is 0 Å². The third-order valence-electron chi connectivity index (χ3n) is 3.61. The minimum absolute atomic E-state index is 0.134. The number of alkyl halides is 3. The number of nitrogens with zero attached hydrogens (tertiary/aromatic N) is 1. The molecule has 1 saturated heterocycles. The van der Waals surface area contributed by atoms with Gasteiger partial charge in [0.15, 0.2) is 0 Å². The van der Waals surface area contributed by atoms with E-state index in [0.717, 1.165) is 12.1 Å². The molecule has 7 heteroatoms. The van der Waals surface area contributed by atoms with Crippen LogP contribution in [0.4, 0.5) is 18.0 Å². The topological polar surface area (TPSA) is 52.6 Å². The van der Waals surface area contributed by atoms with Crippen LogP contribution in [0.3, 0.4) is 0 Å². The molecule has 0 radical (unpaired) electrons. The van der Waals surface area contributed by atoms with Crippen molar-refractivity contribution >= 4 is 6.09 Å². The number of rotatable bonds is 3. The first kappa shape index (κ1) is 15.6. The maximum Gasteiger partial charge on any atom is 0.416 e. The molecule has 2 N–H and O–H groups in total. The minimum Gasteiger partial charge on any atom is -0.465 e. The number of benzene rings is 1. The lowest BCUT2D eigenvalue weighted by Gasteiger charge is -2.30. The number of nitrogens with one attached hydrogen (secondary N) is 1. The van der Waals surface area contributed by atoms with E-state index in [-0.39, 0.29) is 6.04 Å². The first-order valence-electron chi connectivity index (χ1n) is 6.73. The van der Waals surface area contributed by atoms with Crippen molar-refractivity contribution in [3.8, 4) is 0 Å². The van der Waals surface area contributed by atoms with Gasteiger partial charge in [-0.25, -0.2) is 4.79 Å². The fourth-order valence-electron chi connectivity index (χ4n) is 2.39. The van der Waals surface area contributed by atoms with Crippen LogP contribution in [0.2, 0.25) is 0 Å². The number of likely N-dealkylation sites (tertiary alicyclic amines) is 1. The van der Waals surface area contributed by atoms with Crippen molar-refractivity contribution in [3.05, 3.63) is 35.4 Å². The predicted molar refractivity (Wildman–Crippen MR) is 70.9 cm³/mol. The van der Waals surface area contributed by atoms with Gasteiger partial charge in [0.1, 0.15) is 0 Å². The molecular weight excluding hydrogens is 285 g/mol. The summed E-state index contributed by atoms with van der Waals surface area (Å²) >= 11 is 0. The Kier molecular flexibility index (Phi) is 4.72. The van der Waals surface area contributed by atoms with Crippen molar-refractivity contribution in [2.45, 2.75) is 31.6 Å². The highest BCUT2D eigenvalue weighted by Gasteiger charge is 2.30. The van der Waals surface area contributed by atoms with Crippen LogP contribution >= 0.6 is 0 Å². The van der Waals surface area contributed by atoms with Crippen LogP contribution < -0.4 is 5.32 Å². The van der Waals surface area contributed by atoms with Crippen molar-refractivity contribution < 1.29 is 23.1 Å². The second kappa shape index (κ2) is 6.34. The summed E-state index contributed by atoms with van der Waals surface area (Å²) < 4.78 is 37.8. The fourth-order valence-corrected chi connectivity index (χ4v) is 2.39. The largest absolute Gasteiger partial charge is 0.465 e. The van der Waals surface area contributed by atoms with Gasteiger partial charge in [-0.3, -0.25) is 0 Å². The summed E-state index contributed by atoms with van der Waals surface area (Å²) in [4.78, 5) is 12.1. The van der Waals surface area contributed by atoms with Gasteiger partial charge in [0, 0.05) is 25.7 Å². The van der Waals surface area contributed by atoms with Gasteiger partial charge < -0.3 is 15.3 Å². The Morgan fingerprint density at radius 3 is 2.57 bits per heavy atom. The summed E-state index contributed by atoms with van der Waals surface area (Å²) in [5.74, 6) is 0. The van der Waals surface area contributed by atoms with E-state index >= 15 is 0 Å². The summed E-state index contributed by atoms with van der Waals surface area (Å²) in [6.07, 6.45) is -3.91. The van der Waals surface area contributed by atoms with Crippen LogP contribution in [-0.2, 0) is 12.7 Å². The Hall–Kier alpha value is -1.76. The third-order valence-corrected chi connectivity index (χ3v) is 3.61. The van der Waals surface area contributed by atoms with E-state index in [2.05, 4.69) is 5.32 Å². The molecule has 0 aromatic heterocycles. The smallest absolute Gasteiger partial charge is 0.416 e. The fraction of sp³-hybridized carbons (Fsp3) is 0.500. The zero-order chi connectivity index (χ0) is 15.5. The van der Waals surface area contributed by atoms with Gasteiger partial charge >= 0.3 is 12.3 Å². The molecule has 1 aromatic rings. The molecule has 1 aromatic carbocycles. The zero-order valence-electron chi connectivity index (χ0n) is 11.4. The maximum atomic E-state index is 12.6. The highest BCUT2D eigenvalue weighted by atomic mass is 19.4. The highest BCUT2D eigenvalue weighted by molar-refractivity contribution is 5.65. The maximum absolute atomic E-state index is 12.6. The molecule has 0 bridgehead atoms. The quantitative estimate of drug-likeness (QED) is 0.902. The first-order chi connectivity index (χ1) is 9.86. The molecular formula is C14H17F3N2O2. The van der Waals surface area contributed by atoms with Gasteiger partial charge in [0.2, 0.25) is 0 Å². The summed E-state index contributed by atoms with van der Waals surface area (Å²) in [6, 6.07) is 5.37. The average molecular weight is 302 g/mol. The molecule has 1 aliphatic heterocycles. The van der Waals surface area contributed by atoms with E-state index in [9.17, 15) is 18.0 Å². The molecule has 1 aliphatic rings. The predicted octanol–water partition coefficient (Wildman–Crippen LogP) is 2.94. The van der Waals surface area contributed by atoms with E-state index in [1.807, 2.05) is 0 Å². The molecule has 0 unspecified atom stereocenters. The number of halogens is 3. The molecule has 0 aliphatic carbocycles. The Balaban J connectivity index is 1.85. The summed E-state index contributed by atoms with van der Waals surface area (Å²) in [5.41, 5.74) is -0.0759. The van der Waals surface area contributed by atoms with Crippen LogP contribution in [0.5, 0.6) is 0 Å². The lowest BCUT2D eigenvalue weighted by Crippen LogP contribution is -2.44. The summed E-state index contributed by atoms with van der Waals surface area (Å²) in [6.45, 7) is 1.26. The lowest BCUT2D eigenvalue weighted by molar-refractivity contribution is -0.137. The zero-order valence-corrected chi connectivity index (χ0v) is 11.4. The van der Waals surface area contributed by atoms with E-state index in [1.54, 1.807) is 6.07 Å². The molecule has 116 valence electrons. The normalized spacial score (nSPS) is 17.0. The van der Waals surface area contributed by atoms with Crippen molar-refractivity contribution in [3.63, 3.8) is 0 Å². The molecule has 0 saturated carbocycles. The molecule has 2 rings (SSSR count). The Labute approximate surface area is 120 Å².